The lowest BCUT2D eigenvalue weighted by molar-refractivity contribution is 0.0798. The average molecular weight is 303 g/mol. The Bertz CT molecular complexity index is 717. The number of carbonyl (C=O) groups is 1. The molecular formula is C17H21NO4. The van der Waals surface area contributed by atoms with Crippen LogP contribution in [-0.2, 0) is 0 Å². The Labute approximate surface area is 129 Å². The lowest BCUT2D eigenvalue weighted by Crippen LogP contribution is -2.50. The maximum atomic E-state index is 12.5. The molecule has 0 spiro atoms. The molecule has 5 heteroatoms. The number of hydrogen-bond acceptors (Lipinski definition) is 4. The number of aliphatic hydroxyl groups excluding tert-OH is 1. The third kappa shape index (κ3) is 2.46. The molecule has 2 aromatic rings. The maximum absolute atomic E-state index is 12.5. The van der Waals surface area contributed by atoms with Crippen molar-refractivity contribution in [1.82, 2.24) is 5.32 Å². The Hall–Kier alpha value is -2.01. The van der Waals surface area contributed by atoms with E-state index in [1.807, 2.05) is 19.9 Å². The van der Waals surface area contributed by atoms with Gasteiger partial charge in [0.15, 0.2) is 5.76 Å². The zero-order valence-electron chi connectivity index (χ0n) is 13.1. The van der Waals surface area contributed by atoms with Gasteiger partial charge in [-0.3, -0.25) is 4.79 Å². The Balaban J connectivity index is 1.92. The topological polar surface area (TPSA) is 71.7 Å². The van der Waals surface area contributed by atoms with E-state index in [0.29, 0.717) is 17.3 Å². The van der Waals surface area contributed by atoms with E-state index >= 15 is 0 Å². The number of carbonyl (C=O) groups excluding carboxylic acids is 1. The van der Waals surface area contributed by atoms with E-state index in [-0.39, 0.29) is 12.5 Å². The van der Waals surface area contributed by atoms with Crippen LogP contribution in [0, 0.1) is 12.8 Å². The van der Waals surface area contributed by atoms with Gasteiger partial charge in [-0.2, -0.15) is 0 Å². The third-order valence-electron chi connectivity index (χ3n) is 4.56. The predicted octanol–water partition coefficient (Wildman–Crippen LogP) is 2.64. The summed E-state index contributed by atoms with van der Waals surface area (Å²) in [7, 11) is 1.60. The van der Waals surface area contributed by atoms with E-state index in [1.165, 1.54) is 0 Å². The molecule has 1 unspecified atom stereocenters. The second kappa shape index (κ2) is 5.32. The van der Waals surface area contributed by atoms with Gasteiger partial charge >= 0.3 is 0 Å². The third-order valence-corrected chi connectivity index (χ3v) is 4.56. The van der Waals surface area contributed by atoms with Gasteiger partial charge in [-0.15, -0.1) is 0 Å². The normalized spacial score (nSPS) is 17.3. The molecule has 0 radical (unpaired) electrons. The molecule has 1 fully saturated rings. The quantitative estimate of drug-likeness (QED) is 0.890. The van der Waals surface area contributed by atoms with Crippen molar-refractivity contribution in [1.29, 1.82) is 0 Å². The molecule has 1 saturated carbocycles. The molecule has 1 atom stereocenters. The van der Waals surface area contributed by atoms with Crippen LogP contribution in [0.2, 0.25) is 0 Å². The van der Waals surface area contributed by atoms with Crippen molar-refractivity contribution in [3.05, 3.63) is 29.5 Å². The largest absolute Gasteiger partial charge is 0.497 e. The number of aliphatic hydroxyl groups is 1. The second-order valence-electron chi connectivity index (χ2n) is 6.22. The Kier molecular flexibility index (Phi) is 3.60. The fraction of sp³-hybridized carbons (Fsp3) is 0.471. The number of amides is 1. The van der Waals surface area contributed by atoms with Crippen molar-refractivity contribution in [3.63, 3.8) is 0 Å². The molecule has 0 saturated heterocycles. The second-order valence-corrected chi connectivity index (χ2v) is 6.22. The zero-order chi connectivity index (χ0) is 15.9. The fourth-order valence-electron chi connectivity index (χ4n) is 2.85. The highest BCUT2D eigenvalue weighted by molar-refractivity contribution is 5.99. The number of fused-ring (bicyclic) bond motifs is 1. The summed E-state index contributed by atoms with van der Waals surface area (Å²) in [4.78, 5) is 12.5. The standard InChI is InChI=1S/C17H21NO4/c1-10-13-8-12(21-3)6-7-14(13)22-15(10)16(20)18-17(2,9-19)11-4-5-11/h6-8,11,19H,4-5,9H2,1-3H3,(H,18,20). The number of aryl methyl sites for hydroxylation is 1. The lowest BCUT2D eigenvalue weighted by Gasteiger charge is -2.28. The molecule has 1 amide bonds. The number of rotatable bonds is 5. The van der Waals surface area contributed by atoms with Crippen LogP contribution in [0.25, 0.3) is 11.0 Å². The first kappa shape index (κ1) is 14.9. The van der Waals surface area contributed by atoms with Crippen LogP contribution in [0.1, 0.15) is 35.9 Å². The van der Waals surface area contributed by atoms with Gasteiger partial charge in [-0.05, 0) is 50.8 Å². The van der Waals surface area contributed by atoms with Crippen molar-refractivity contribution >= 4 is 16.9 Å². The molecule has 118 valence electrons. The lowest BCUT2D eigenvalue weighted by atomic mass is 9.96. The molecule has 0 aliphatic heterocycles. The molecule has 5 nitrogen and oxygen atoms in total. The van der Waals surface area contributed by atoms with Crippen LogP contribution in [0.4, 0.5) is 0 Å². The molecule has 3 rings (SSSR count). The van der Waals surface area contributed by atoms with E-state index in [0.717, 1.165) is 29.5 Å². The van der Waals surface area contributed by atoms with Gasteiger partial charge < -0.3 is 19.6 Å². The van der Waals surface area contributed by atoms with Crippen LogP contribution >= 0.6 is 0 Å². The molecule has 2 N–H and O–H groups in total. The van der Waals surface area contributed by atoms with E-state index in [1.54, 1.807) is 19.2 Å². The van der Waals surface area contributed by atoms with Gasteiger partial charge in [0.1, 0.15) is 11.3 Å². The van der Waals surface area contributed by atoms with Crippen LogP contribution in [0.15, 0.2) is 22.6 Å². The van der Waals surface area contributed by atoms with E-state index in [9.17, 15) is 9.90 Å². The minimum atomic E-state index is -0.583. The van der Waals surface area contributed by atoms with E-state index in [2.05, 4.69) is 5.32 Å². The summed E-state index contributed by atoms with van der Waals surface area (Å²) in [6, 6.07) is 5.45. The minimum absolute atomic E-state index is 0.0729. The van der Waals surface area contributed by atoms with Crippen molar-refractivity contribution in [2.75, 3.05) is 13.7 Å². The summed E-state index contributed by atoms with van der Waals surface area (Å²) in [5.74, 6) is 1.08. The van der Waals surface area contributed by atoms with E-state index < -0.39 is 5.54 Å². The van der Waals surface area contributed by atoms with Crippen LogP contribution < -0.4 is 10.1 Å². The monoisotopic (exact) mass is 303 g/mol. The number of hydrogen-bond donors (Lipinski definition) is 2. The van der Waals surface area contributed by atoms with Crippen molar-refractivity contribution in [3.8, 4) is 5.75 Å². The summed E-state index contributed by atoms with van der Waals surface area (Å²) >= 11 is 0. The molecule has 1 aliphatic rings. The first-order valence-corrected chi connectivity index (χ1v) is 7.49. The maximum Gasteiger partial charge on any atom is 0.287 e. The molecule has 22 heavy (non-hydrogen) atoms. The summed E-state index contributed by atoms with van der Waals surface area (Å²) < 4.78 is 10.9. The minimum Gasteiger partial charge on any atom is -0.497 e. The Morgan fingerprint density at radius 2 is 2.23 bits per heavy atom. The van der Waals surface area contributed by atoms with Crippen LogP contribution in [-0.4, -0.2) is 30.3 Å². The first-order valence-electron chi connectivity index (χ1n) is 7.49. The van der Waals surface area contributed by atoms with Gasteiger partial charge in [-0.1, -0.05) is 0 Å². The summed E-state index contributed by atoms with van der Waals surface area (Å²) in [6.07, 6.45) is 2.07. The smallest absolute Gasteiger partial charge is 0.287 e. The highest BCUT2D eigenvalue weighted by Crippen LogP contribution is 2.39. The Morgan fingerprint density at radius 3 is 2.82 bits per heavy atom. The highest BCUT2D eigenvalue weighted by Gasteiger charge is 2.42. The molecule has 1 aliphatic carbocycles. The molecule has 1 aromatic carbocycles. The summed E-state index contributed by atoms with van der Waals surface area (Å²) in [5.41, 5.74) is 0.850. The fourth-order valence-corrected chi connectivity index (χ4v) is 2.85. The van der Waals surface area contributed by atoms with Gasteiger partial charge in [-0.25, -0.2) is 0 Å². The highest BCUT2D eigenvalue weighted by atomic mass is 16.5. The van der Waals surface area contributed by atoms with Gasteiger partial charge in [0.25, 0.3) is 5.91 Å². The van der Waals surface area contributed by atoms with Crippen LogP contribution in [0.5, 0.6) is 5.75 Å². The van der Waals surface area contributed by atoms with Crippen molar-refractivity contribution < 1.29 is 19.1 Å². The van der Waals surface area contributed by atoms with Gasteiger partial charge in [0, 0.05) is 10.9 Å². The van der Waals surface area contributed by atoms with Gasteiger partial charge in [0.2, 0.25) is 0 Å². The van der Waals surface area contributed by atoms with Crippen molar-refractivity contribution in [2.45, 2.75) is 32.2 Å². The SMILES string of the molecule is COc1ccc2oc(C(=O)NC(C)(CO)C3CC3)c(C)c2c1. The molecular weight excluding hydrogens is 282 g/mol. The zero-order valence-corrected chi connectivity index (χ0v) is 13.1. The van der Waals surface area contributed by atoms with Gasteiger partial charge in [0.05, 0.1) is 19.3 Å². The molecule has 0 bridgehead atoms. The van der Waals surface area contributed by atoms with E-state index in [4.69, 9.17) is 9.15 Å². The average Bonchev–Trinajstić information content (AvgIpc) is 3.32. The number of methoxy groups -OCH3 is 1. The number of ether oxygens (including phenoxy) is 1. The number of furan rings is 1. The number of benzene rings is 1. The van der Waals surface area contributed by atoms with Crippen molar-refractivity contribution in [2.24, 2.45) is 5.92 Å². The molecule has 1 aromatic heterocycles. The summed E-state index contributed by atoms with van der Waals surface area (Å²) in [6.45, 7) is 3.66. The predicted molar refractivity (Wildman–Crippen MR) is 83.2 cm³/mol. The summed E-state index contributed by atoms with van der Waals surface area (Å²) in [5, 5.41) is 13.4. The number of nitrogens with one attached hydrogen (secondary N) is 1. The molecule has 1 heterocycles. The first-order chi connectivity index (χ1) is 10.5. The van der Waals surface area contributed by atoms with Crippen LogP contribution in [0.3, 0.4) is 0 Å². The Morgan fingerprint density at radius 1 is 1.50 bits per heavy atom.